The first kappa shape index (κ1) is 34.6. The number of methoxy groups -OCH3 is 1. The highest BCUT2D eigenvalue weighted by Gasteiger charge is 2.37. The molecule has 16 heteroatoms. The van der Waals surface area contributed by atoms with Gasteiger partial charge in [-0.25, -0.2) is 4.79 Å². The van der Waals surface area contributed by atoms with Gasteiger partial charge < -0.3 is 24.0 Å². The number of benzene rings is 2. The second kappa shape index (κ2) is 14.2. The zero-order valence-electron chi connectivity index (χ0n) is 25.5. The molecule has 2 aromatic carbocycles. The lowest BCUT2D eigenvalue weighted by atomic mass is 9.85. The van der Waals surface area contributed by atoms with Crippen LogP contribution >= 0.6 is 0 Å². The first-order valence-corrected chi connectivity index (χ1v) is 15.0. The highest BCUT2D eigenvalue weighted by Crippen LogP contribution is 2.41. The average molecular weight is 683 g/mol. The van der Waals surface area contributed by atoms with Crippen molar-refractivity contribution < 1.29 is 44.9 Å². The number of piperidine rings is 2. The molecule has 4 aromatic rings. The van der Waals surface area contributed by atoms with E-state index in [1.165, 1.54) is 42.3 Å². The standard InChI is InChI=1S/C17H17F3N2O4.C15H15F3N2O2/c1-25-16(24)22-6-5-11(14-9-15(23)21-26-14)8-13(22)10-3-2-4-12(7-10)17(18,19)20;16-15(17,18)11-3-1-2-9(6-11)12-7-10(4-5-19-12)13-8-14(21)20-22-13/h2-4,7,9,11,13H,5-6,8H2,1H3,(H,21,23);1-3,6,8,10,12,19H,4-5,7H2,(H,20,21)/t11-,13+;10-,12+/m11/s1. The van der Waals surface area contributed by atoms with Crippen molar-refractivity contribution in [3.8, 4) is 0 Å². The van der Waals surface area contributed by atoms with Gasteiger partial charge in [0.25, 0.3) is 11.1 Å². The van der Waals surface area contributed by atoms with E-state index in [9.17, 15) is 40.7 Å². The van der Waals surface area contributed by atoms with Crippen molar-refractivity contribution in [1.29, 1.82) is 0 Å². The lowest BCUT2D eigenvalue weighted by Gasteiger charge is -2.38. The second-order valence-electron chi connectivity index (χ2n) is 11.6. The monoisotopic (exact) mass is 682 g/mol. The van der Waals surface area contributed by atoms with Crippen LogP contribution < -0.4 is 16.4 Å². The van der Waals surface area contributed by atoms with Crippen LogP contribution in [0.5, 0.6) is 0 Å². The zero-order chi connectivity index (χ0) is 34.6. The molecule has 2 aliphatic rings. The Morgan fingerprint density at radius 3 is 1.85 bits per heavy atom. The van der Waals surface area contributed by atoms with Crippen molar-refractivity contribution in [1.82, 2.24) is 20.5 Å². The number of halogens is 6. The number of alkyl halides is 6. The van der Waals surface area contributed by atoms with Crippen LogP contribution in [0, 0.1) is 0 Å². The zero-order valence-corrected chi connectivity index (χ0v) is 25.5. The molecule has 1 amide bonds. The van der Waals surface area contributed by atoms with E-state index in [-0.39, 0.29) is 35.5 Å². The summed E-state index contributed by atoms with van der Waals surface area (Å²) in [6.45, 7) is 0.924. The predicted molar refractivity (Wildman–Crippen MR) is 158 cm³/mol. The van der Waals surface area contributed by atoms with Gasteiger partial charge in [0.1, 0.15) is 11.5 Å². The molecule has 0 bridgehead atoms. The Balaban J connectivity index is 0.000000190. The van der Waals surface area contributed by atoms with Gasteiger partial charge in [-0.2, -0.15) is 36.7 Å². The number of likely N-dealkylation sites (tertiary alicyclic amines) is 1. The molecule has 4 atom stereocenters. The second-order valence-corrected chi connectivity index (χ2v) is 11.6. The van der Waals surface area contributed by atoms with Crippen LogP contribution in [0.2, 0.25) is 0 Å². The molecule has 0 unspecified atom stereocenters. The fourth-order valence-electron chi connectivity index (χ4n) is 6.16. The van der Waals surface area contributed by atoms with E-state index in [1.54, 1.807) is 12.1 Å². The fraction of sp³-hybridized carbons (Fsp3) is 0.406. The molecule has 0 saturated carbocycles. The molecule has 2 fully saturated rings. The van der Waals surface area contributed by atoms with Crippen LogP contribution in [0.25, 0.3) is 0 Å². The molecule has 48 heavy (non-hydrogen) atoms. The topological polar surface area (TPSA) is 134 Å². The number of aromatic nitrogens is 2. The first-order chi connectivity index (χ1) is 22.7. The van der Waals surface area contributed by atoms with E-state index in [0.717, 1.165) is 24.6 Å². The molecule has 4 heterocycles. The summed E-state index contributed by atoms with van der Waals surface area (Å²) in [5, 5.41) is 7.68. The molecular formula is C32H32F6N4O6. The maximum Gasteiger partial charge on any atom is 0.416 e. The smallest absolute Gasteiger partial charge is 0.416 e. The SMILES string of the molecule is COC(=O)N1CC[C@@H](c2cc(=O)[nH]o2)C[C@H]1c1cccc(C(F)(F)F)c1.O=c1cc([C@@H]2CCN[C@H](c3cccc(C(F)(F)F)c3)C2)o[nH]1. The number of nitrogens with one attached hydrogen (secondary N) is 3. The summed E-state index contributed by atoms with van der Waals surface area (Å²) in [5.41, 5.74) is -1.17. The van der Waals surface area contributed by atoms with Gasteiger partial charge in [0.05, 0.1) is 24.3 Å². The molecule has 0 radical (unpaired) electrons. The Bertz CT molecular complexity index is 1810. The van der Waals surface area contributed by atoms with Gasteiger partial charge in [0.15, 0.2) is 0 Å². The fourth-order valence-corrected chi connectivity index (χ4v) is 6.16. The number of hydrogen-bond acceptors (Lipinski definition) is 7. The Labute approximate surface area is 269 Å². The predicted octanol–water partition coefficient (Wildman–Crippen LogP) is 6.87. The van der Waals surface area contributed by atoms with Gasteiger partial charge in [-0.15, -0.1) is 0 Å². The first-order valence-electron chi connectivity index (χ1n) is 15.0. The number of carbonyl (C=O) groups is 1. The van der Waals surface area contributed by atoms with Crippen LogP contribution in [0.3, 0.4) is 0 Å². The largest absolute Gasteiger partial charge is 0.453 e. The van der Waals surface area contributed by atoms with Crippen molar-refractivity contribution in [2.45, 2.75) is 62.0 Å². The summed E-state index contributed by atoms with van der Waals surface area (Å²) in [4.78, 5) is 35.9. The lowest BCUT2D eigenvalue weighted by molar-refractivity contribution is -0.138. The van der Waals surface area contributed by atoms with E-state index < -0.39 is 35.6 Å². The van der Waals surface area contributed by atoms with Gasteiger partial charge in [-0.1, -0.05) is 24.3 Å². The lowest BCUT2D eigenvalue weighted by Crippen LogP contribution is -2.40. The molecule has 258 valence electrons. The molecule has 6 rings (SSSR count). The maximum atomic E-state index is 13.0. The molecule has 3 N–H and O–H groups in total. The molecule has 0 spiro atoms. The van der Waals surface area contributed by atoms with E-state index in [1.807, 2.05) is 0 Å². The minimum absolute atomic E-state index is 0.0137. The Kier molecular flexibility index (Phi) is 10.2. The van der Waals surface area contributed by atoms with Crippen LogP contribution in [-0.2, 0) is 17.1 Å². The molecule has 0 aliphatic carbocycles. The van der Waals surface area contributed by atoms with Gasteiger partial charge in [-0.05, 0) is 67.6 Å². The third-order valence-corrected chi connectivity index (χ3v) is 8.52. The average Bonchev–Trinajstić information content (AvgIpc) is 3.72. The number of amides is 1. The highest BCUT2D eigenvalue weighted by molar-refractivity contribution is 5.68. The Morgan fingerprint density at radius 1 is 0.792 bits per heavy atom. The maximum absolute atomic E-state index is 13.0. The summed E-state index contributed by atoms with van der Waals surface area (Å²) in [5.74, 6) is 0.800. The molecule has 2 aromatic heterocycles. The van der Waals surface area contributed by atoms with Gasteiger partial charge in [-0.3, -0.25) is 9.59 Å². The Hall–Kier alpha value is -4.73. The summed E-state index contributed by atoms with van der Waals surface area (Å²) in [6.07, 6.45) is -7.26. The normalized spacial score (nSPS) is 21.7. The van der Waals surface area contributed by atoms with Crippen molar-refractivity contribution in [2.75, 3.05) is 20.2 Å². The van der Waals surface area contributed by atoms with Crippen LogP contribution in [0.15, 0.2) is 79.3 Å². The van der Waals surface area contributed by atoms with Crippen molar-refractivity contribution in [2.24, 2.45) is 0 Å². The van der Waals surface area contributed by atoms with Crippen LogP contribution in [-0.4, -0.2) is 41.5 Å². The van der Waals surface area contributed by atoms with Crippen molar-refractivity contribution in [3.05, 3.63) is 115 Å². The van der Waals surface area contributed by atoms with Crippen LogP contribution in [0.4, 0.5) is 31.1 Å². The number of aromatic amines is 2. The van der Waals surface area contributed by atoms with E-state index in [0.29, 0.717) is 48.5 Å². The number of ether oxygens (including phenoxy) is 1. The van der Waals surface area contributed by atoms with Gasteiger partial charge >= 0.3 is 18.4 Å². The van der Waals surface area contributed by atoms with Crippen molar-refractivity contribution >= 4 is 6.09 Å². The number of carbonyl (C=O) groups excluding carboxylic acids is 1. The number of rotatable bonds is 4. The third-order valence-electron chi connectivity index (χ3n) is 8.52. The number of hydrogen-bond donors (Lipinski definition) is 3. The Morgan fingerprint density at radius 2 is 1.33 bits per heavy atom. The van der Waals surface area contributed by atoms with E-state index in [4.69, 9.17) is 13.8 Å². The third kappa shape index (κ3) is 8.21. The minimum atomic E-state index is -4.48. The quantitative estimate of drug-likeness (QED) is 0.200. The summed E-state index contributed by atoms with van der Waals surface area (Å²) >= 11 is 0. The molecular weight excluding hydrogens is 650 g/mol. The molecule has 2 aliphatic heterocycles. The van der Waals surface area contributed by atoms with Gasteiger partial charge in [0, 0.05) is 36.6 Å². The summed E-state index contributed by atoms with van der Waals surface area (Å²) in [6, 6.07) is 12.1. The van der Waals surface area contributed by atoms with Crippen molar-refractivity contribution in [3.63, 3.8) is 0 Å². The van der Waals surface area contributed by atoms with Gasteiger partial charge in [0.2, 0.25) is 0 Å². The summed E-state index contributed by atoms with van der Waals surface area (Å²) < 4.78 is 92.6. The van der Waals surface area contributed by atoms with Crippen LogP contribution in [0.1, 0.15) is 83.4 Å². The van der Waals surface area contributed by atoms with E-state index in [2.05, 4.69) is 15.6 Å². The summed E-state index contributed by atoms with van der Waals surface area (Å²) in [7, 11) is 1.23. The number of H-pyrrole nitrogens is 2. The highest BCUT2D eigenvalue weighted by atomic mass is 19.4. The molecule has 2 saturated heterocycles. The molecule has 10 nitrogen and oxygen atoms in total. The minimum Gasteiger partial charge on any atom is -0.453 e. The van der Waals surface area contributed by atoms with E-state index >= 15 is 0 Å². The number of nitrogens with zero attached hydrogens (tertiary/aromatic N) is 1.